The normalized spacial score (nSPS) is 14.6. The minimum Gasteiger partial charge on any atom is -0.455 e. The van der Waals surface area contributed by atoms with E-state index in [0.29, 0.717) is 31.7 Å². The van der Waals surface area contributed by atoms with E-state index >= 15 is 0 Å². The number of aryl methyl sites for hydroxylation is 1. The fraction of sp³-hybridized carbons (Fsp3) is 0.455. The van der Waals surface area contributed by atoms with Gasteiger partial charge >= 0.3 is 0 Å². The Morgan fingerprint density at radius 1 is 1.06 bits per heavy atom. The van der Waals surface area contributed by atoms with E-state index in [0.717, 1.165) is 18.4 Å². The van der Waals surface area contributed by atoms with E-state index in [1.165, 1.54) is 15.3 Å². The zero-order chi connectivity index (χ0) is 22.8. The van der Waals surface area contributed by atoms with E-state index in [1.807, 2.05) is 19.1 Å². The first-order valence-electron chi connectivity index (χ1n) is 10.4. The Labute approximate surface area is 183 Å². The highest BCUT2D eigenvalue weighted by atomic mass is 32.2. The predicted molar refractivity (Wildman–Crippen MR) is 116 cm³/mol. The molecule has 0 radical (unpaired) electrons. The molecule has 1 aliphatic rings. The van der Waals surface area contributed by atoms with E-state index in [2.05, 4.69) is 0 Å². The Balaban J connectivity index is 1.77. The lowest BCUT2D eigenvalue weighted by atomic mass is 10.1. The molecular formula is C22H29N3O5S. The second-order valence-electron chi connectivity index (χ2n) is 7.86. The molecule has 0 atom stereocenters. The average molecular weight is 448 g/mol. The summed E-state index contributed by atoms with van der Waals surface area (Å²) in [4.78, 5) is 28.2. The SMILES string of the molecule is CCN(Cc1ccc(C(=O)N(C)C)cc1)C(=O)c1cc(S(=O)(=O)N2CCCC2)c(C)o1. The zero-order valence-electron chi connectivity index (χ0n) is 18.4. The molecule has 2 heterocycles. The molecule has 1 aromatic carbocycles. The van der Waals surface area contributed by atoms with E-state index < -0.39 is 10.0 Å². The van der Waals surface area contributed by atoms with Crippen molar-refractivity contribution in [2.24, 2.45) is 0 Å². The summed E-state index contributed by atoms with van der Waals surface area (Å²) in [6.45, 7) is 5.13. The number of rotatable bonds is 7. The zero-order valence-corrected chi connectivity index (χ0v) is 19.2. The molecule has 2 amide bonds. The molecule has 8 nitrogen and oxygen atoms in total. The van der Waals surface area contributed by atoms with Crippen LogP contribution in [0, 0.1) is 6.92 Å². The lowest BCUT2D eigenvalue weighted by Gasteiger charge is -2.20. The molecule has 0 aliphatic carbocycles. The van der Waals surface area contributed by atoms with Gasteiger partial charge in [0.2, 0.25) is 10.0 Å². The van der Waals surface area contributed by atoms with Crippen LogP contribution < -0.4 is 0 Å². The molecule has 0 saturated carbocycles. The van der Waals surface area contributed by atoms with E-state index in [4.69, 9.17) is 4.42 Å². The van der Waals surface area contributed by atoms with Crippen molar-refractivity contribution in [2.75, 3.05) is 33.7 Å². The summed E-state index contributed by atoms with van der Waals surface area (Å²) in [5, 5.41) is 0. The fourth-order valence-corrected chi connectivity index (χ4v) is 5.29. The van der Waals surface area contributed by atoms with Gasteiger partial charge in [-0.05, 0) is 44.4 Å². The van der Waals surface area contributed by atoms with Gasteiger partial charge in [-0.1, -0.05) is 12.1 Å². The lowest BCUT2D eigenvalue weighted by molar-refractivity contribution is 0.0718. The number of furan rings is 1. The Hall–Kier alpha value is -2.65. The molecule has 0 spiro atoms. The maximum absolute atomic E-state index is 13.0. The van der Waals surface area contributed by atoms with Gasteiger partial charge < -0.3 is 14.2 Å². The Bertz CT molecular complexity index is 1050. The second-order valence-corrected chi connectivity index (χ2v) is 9.76. The number of carbonyl (C=O) groups excluding carboxylic acids is 2. The number of benzene rings is 1. The Morgan fingerprint density at radius 3 is 2.23 bits per heavy atom. The summed E-state index contributed by atoms with van der Waals surface area (Å²) in [5.41, 5.74) is 1.43. The number of sulfonamides is 1. The van der Waals surface area contributed by atoms with Crippen molar-refractivity contribution in [3.63, 3.8) is 0 Å². The molecule has 1 saturated heterocycles. The van der Waals surface area contributed by atoms with Crippen molar-refractivity contribution >= 4 is 21.8 Å². The summed E-state index contributed by atoms with van der Waals surface area (Å²) in [6.07, 6.45) is 1.68. The highest BCUT2D eigenvalue weighted by Gasteiger charge is 2.32. The molecule has 9 heteroatoms. The van der Waals surface area contributed by atoms with Crippen LogP contribution in [0.1, 0.15) is 52.0 Å². The largest absolute Gasteiger partial charge is 0.455 e. The lowest BCUT2D eigenvalue weighted by Crippen LogP contribution is -2.30. The molecule has 0 unspecified atom stereocenters. The van der Waals surface area contributed by atoms with Crippen LogP contribution in [0.15, 0.2) is 39.6 Å². The maximum Gasteiger partial charge on any atom is 0.289 e. The van der Waals surface area contributed by atoms with Gasteiger partial charge in [0.15, 0.2) is 5.76 Å². The summed E-state index contributed by atoms with van der Waals surface area (Å²) >= 11 is 0. The number of hydrogen-bond donors (Lipinski definition) is 0. The molecule has 168 valence electrons. The molecule has 3 rings (SSSR count). The van der Waals surface area contributed by atoms with Crippen LogP contribution in [0.4, 0.5) is 0 Å². The Morgan fingerprint density at radius 2 is 1.68 bits per heavy atom. The van der Waals surface area contributed by atoms with E-state index in [1.54, 1.807) is 38.1 Å². The predicted octanol–water partition coefficient (Wildman–Crippen LogP) is 2.74. The van der Waals surface area contributed by atoms with Gasteiger partial charge in [-0.15, -0.1) is 0 Å². The van der Waals surface area contributed by atoms with Crippen molar-refractivity contribution in [1.29, 1.82) is 0 Å². The van der Waals surface area contributed by atoms with Crippen molar-refractivity contribution in [1.82, 2.24) is 14.1 Å². The maximum atomic E-state index is 13.0. The number of carbonyl (C=O) groups is 2. The summed E-state index contributed by atoms with van der Waals surface area (Å²) < 4.78 is 32.7. The Kier molecular flexibility index (Phi) is 6.86. The van der Waals surface area contributed by atoms with Crippen molar-refractivity contribution < 1.29 is 22.4 Å². The quantitative estimate of drug-likeness (QED) is 0.651. The first kappa shape index (κ1) is 23.0. The van der Waals surface area contributed by atoms with Crippen LogP contribution in [0.25, 0.3) is 0 Å². The van der Waals surface area contributed by atoms with Gasteiger partial charge in [0.1, 0.15) is 10.7 Å². The van der Waals surface area contributed by atoms with Crippen LogP contribution in [0.2, 0.25) is 0 Å². The fourth-order valence-electron chi connectivity index (χ4n) is 3.61. The van der Waals surface area contributed by atoms with E-state index in [9.17, 15) is 18.0 Å². The highest BCUT2D eigenvalue weighted by molar-refractivity contribution is 7.89. The van der Waals surface area contributed by atoms with Gasteiger partial charge in [0.05, 0.1) is 0 Å². The third-order valence-electron chi connectivity index (χ3n) is 5.42. The minimum absolute atomic E-state index is 0.0107. The standard InChI is InChI=1S/C22H29N3O5S/c1-5-24(15-17-8-10-18(11-9-17)21(26)23(3)4)22(27)19-14-20(16(2)30-19)31(28,29)25-12-6-7-13-25/h8-11,14H,5-7,12-13,15H2,1-4H3. The first-order valence-corrected chi connectivity index (χ1v) is 11.8. The minimum atomic E-state index is -3.66. The molecule has 2 aromatic rings. The monoisotopic (exact) mass is 447 g/mol. The van der Waals surface area contributed by atoms with Crippen molar-refractivity contribution in [2.45, 2.75) is 38.1 Å². The highest BCUT2D eigenvalue weighted by Crippen LogP contribution is 2.27. The van der Waals surface area contributed by atoms with Gasteiger partial charge in [-0.2, -0.15) is 4.31 Å². The van der Waals surface area contributed by atoms with Crippen LogP contribution >= 0.6 is 0 Å². The summed E-state index contributed by atoms with van der Waals surface area (Å²) in [6, 6.07) is 8.42. The first-order chi connectivity index (χ1) is 14.6. The van der Waals surface area contributed by atoms with Crippen LogP contribution in [0.3, 0.4) is 0 Å². The van der Waals surface area contributed by atoms with Crippen molar-refractivity contribution in [3.8, 4) is 0 Å². The molecule has 31 heavy (non-hydrogen) atoms. The molecule has 1 aromatic heterocycles. The molecule has 0 N–H and O–H groups in total. The van der Waals surface area contributed by atoms with E-state index in [-0.39, 0.29) is 28.2 Å². The summed E-state index contributed by atoms with van der Waals surface area (Å²) in [5.74, 6) is -0.232. The number of amides is 2. The van der Waals surface area contributed by atoms with Crippen LogP contribution in [0.5, 0.6) is 0 Å². The topological polar surface area (TPSA) is 91.1 Å². The molecule has 0 bridgehead atoms. The summed E-state index contributed by atoms with van der Waals surface area (Å²) in [7, 11) is -0.277. The smallest absolute Gasteiger partial charge is 0.289 e. The van der Waals surface area contributed by atoms with Crippen LogP contribution in [-0.4, -0.2) is 68.1 Å². The third-order valence-corrected chi connectivity index (χ3v) is 7.42. The number of hydrogen-bond acceptors (Lipinski definition) is 5. The average Bonchev–Trinajstić information content (AvgIpc) is 3.42. The molecule has 1 fully saturated rings. The van der Waals surface area contributed by atoms with Gasteiger partial charge in [0.25, 0.3) is 11.8 Å². The van der Waals surface area contributed by atoms with Crippen molar-refractivity contribution in [3.05, 3.63) is 53.0 Å². The third kappa shape index (κ3) is 4.83. The molecule has 1 aliphatic heterocycles. The van der Waals surface area contributed by atoms with Gasteiger partial charge in [0, 0.05) is 51.9 Å². The second kappa shape index (κ2) is 9.23. The number of nitrogens with zero attached hydrogens (tertiary/aromatic N) is 3. The van der Waals surface area contributed by atoms with Crippen LogP contribution in [-0.2, 0) is 16.6 Å². The van der Waals surface area contributed by atoms with Gasteiger partial charge in [-0.3, -0.25) is 9.59 Å². The molecular weight excluding hydrogens is 418 g/mol. The van der Waals surface area contributed by atoms with Gasteiger partial charge in [-0.25, -0.2) is 8.42 Å².